The van der Waals surface area contributed by atoms with Gasteiger partial charge in [0.1, 0.15) is 5.75 Å². The molecule has 0 bridgehead atoms. The largest absolute Gasteiger partial charge is 0.496 e. The van der Waals surface area contributed by atoms with Crippen LogP contribution in [0.5, 0.6) is 5.75 Å². The third kappa shape index (κ3) is 3.46. The second-order valence-corrected chi connectivity index (χ2v) is 8.63. The van der Waals surface area contributed by atoms with Gasteiger partial charge in [-0.2, -0.15) is 0 Å². The average Bonchev–Trinajstić information content (AvgIpc) is 3.40. The molecule has 0 amide bonds. The lowest BCUT2D eigenvalue weighted by Crippen LogP contribution is -1.90. The quantitative estimate of drug-likeness (QED) is 0.370. The van der Waals surface area contributed by atoms with Crippen LogP contribution in [0.4, 0.5) is 5.69 Å². The van der Waals surface area contributed by atoms with Crippen molar-refractivity contribution in [1.82, 2.24) is 0 Å². The zero-order valence-corrected chi connectivity index (χ0v) is 16.6. The summed E-state index contributed by atoms with van der Waals surface area (Å²) in [5.41, 5.74) is 8.87. The molecule has 130 valence electrons. The summed E-state index contributed by atoms with van der Waals surface area (Å²) in [5.74, 6) is 0.821. The molecule has 3 aromatic heterocycles. The van der Waals surface area contributed by atoms with Crippen molar-refractivity contribution >= 4 is 51.8 Å². The SMILES string of the molecule is COc1ccc(N)cc1/C=C/c1cc(-c2cccs2)sc1-c1cccs1. The normalized spacial score (nSPS) is 11.3. The Labute approximate surface area is 164 Å². The maximum Gasteiger partial charge on any atom is 0.126 e. The van der Waals surface area contributed by atoms with E-state index in [-0.39, 0.29) is 0 Å². The van der Waals surface area contributed by atoms with E-state index in [1.807, 2.05) is 29.5 Å². The second-order valence-electron chi connectivity index (χ2n) is 5.68. The molecule has 1 aromatic carbocycles. The molecule has 26 heavy (non-hydrogen) atoms. The minimum absolute atomic E-state index is 0.730. The molecule has 2 nitrogen and oxygen atoms in total. The van der Waals surface area contributed by atoms with E-state index in [0.717, 1.165) is 17.0 Å². The van der Waals surface area contributed by atoms with E-state index in [0.29, 0.717) is 0 Å². The number of ether oxygens (including phenoxy) is 1. The first-order valence-corrected chi connectivity index (χ1v) is 10.7. The van der Waals surface area contributed by atoms with E-state index in [2.05, 4.69) is 53.2 Å². The number of anilines is 1. The van der Waals surface area contributed by atoms with Gasteiger partial charge in [-0.15, -0.1) is 34.0 Å². The topological polar surface area (TPSA) is 35.2 Å². The number of nitrogen functional groups attached to an aromatic ring is 1. The molecule has 0 aliphatic heterocycles. The van der Waals surface area contributed by atoms with Gasteiger partial charge in [-0.1, -0.05) is 24.3 Å². The van der Waals surface area contributed by atoms with Crippen LogP contribution in [-0.4, -0.2) is 7.11 Å². The van der Waals surface area contributed by atoms with Crippen LogP contribution in [0.1, 0.15) is 11.1 Å². The van der Waals surface area contributed by atoms with Crippen molar-refractivity contribution in [3.8, 4) is 25.3 Å². The fraction of sp³-hybridized carbons (Fsp3) is 0.0476. The Hall–Kier alpha value is -2.34. The van der Waals surface area contributed by atoms with Crippen LogP contribution in [0.15, 0.2) is 59.3 Å². The minimum Gasteiger partial charge on any atom is -0.496 e. The molecule has 2 N–H and O–H groups in total. The van der Waals surface area contributed by atoms with E-state index in [1.165, 1.54) is 25.1 Å². The molecular formula is C21H17NOS3. The van der Waals surface area contributed by atoms with Crippen molar-refractivity contribution in [2.24, 2.45) is 0 Å². The second kappa shape index (κ2) is 7.50. The highest BCUT2D eigenvalue weighted by molar-refractivity contribution is 7.26. The van der Waals surface area contributed by atoms with Gasteiger partial charge in [0.25, 0.3) is 0 Å². The van der Waals surface area contributed by atoms with Gasteiger partial charge in [0, 0.05) is 25.9 Å². The smallest absolute Gasteiger partial charge is 0.126 e. The molecule has 0 atom stereocenters. The Morgan fingerprint density at radius 3 is 2.27 bits per heavy atom. The van der Waals surface area contributed by atoms with E-state index < -0.39 is 0 Å². The van der Waals surface area contributed by atoms with E-state index in [9.17, 15) is 0 Å². The van der Waals surface area contributed by atoms with Crippen molar-refractivity contribution in [3.05, 3.63) is 70.4 Å². The van der Waals surface area contributed by atoms with Gasteiger partial charge in [-0.3, -0.25) is 0 Å². The zero-order valence-electron chi connectivity index (χ0n) is 14.1. The predicted molar refractivity (Wildman–Crippen MR) is 117 cm³/mol. The maximum absolute atomic E-state index is 5.94. The molecular weight excluding hydrogens is 378 g/mol. The highest BCUT2D eigenvalue weighted by atomic mass is 32.1. The fourth-order valence-corrected chi connectivity index (χ4v) is 5.58. The number of thiophene rings is 3. The molecule has 0 saturated heterocycles. The Kier molecular flexibility index (Phi) is 4.93. The number of rotatable bonds is 5. The Morgan fingerprint density at radius 2 is 1.58 bits per heavy atom. The van der Waals surface area contributed by atoms with Gasteiger partial charge in [0.15, 0.2) is 0 Å². The summed E-state index contributed by atoms with van der Waals surface area (Å²) in [6.45, 7) is 0. The van der Waals surface area contributed by atoms with Crippen LogP contribution in [0.25, 0.3) is 31.7 Å². The first kappa shape index (κ1) is 17.1. The molecule has 0 radical (unpaired) electrons. The van der Waals surface area contributed by atoms with E-state index in [1.54, 1.807) is 29.8 Å². The molecule has 0 aliphatic carbocycles. The van der Waals surface area contributed by atoms with Crippen molar-refractivity contribution in [2.75, 3.05) is 12.8 Å². The highest BCUT2D eigenvalue weighted by Gasteiger charge is 2.12. The molecule has 5 heteroatoms. The van der Waals surface area contributed by atoms with Gasteiger partial charge in [-0.25, -0.2) is 0 Å². The van der Waals surface area contributed by atoms with Crippen LogP contribution >= 0.6 is 34.0 Å². The standard InChI is InChI=1S/C21H17NOS3/c1-23-17-9-8-16(22)12-14(17)6-7-15-13-20(18-4-2-10-24-18)26-21(15)19-5-3-11-25-19/h2-13H,22H2,1H3/b7-6+. The zero-order chi connectivity index (χ0) is 17.9. The first-order chi connectivity index (χ1) is 12.7. The molecule has 4 rings (SSSR count). The number of methoxy groups -OCH3 is 1. The van der Waals surface area contributed by atoms with Gasteiger partial charge in [0.05, 0.1) is 12.0 Å². The third-order valence-corrected chi connectivity index (χ3v) is 7.23. The lowest BCUT2D eigenvalue weighted by atomic mass is 10.1. The number of benzene rings is 1. The van der Waals surface area contributed by atoms with Gasteiger partial charge in [-0.05, 0) is 52.7 Å². The summed E-state index contributed by atoms with van der Waals surface area (Å²) in [5, 5.41) is 4.24. The van der Waals surface area contributed by atoms with Crippen molar-refractivity contribution in [2.45, 2.75) is 0 Å². The van der Waals surface area contributed by atoms with Crippen LogP contribution in [0, 0.1) is 0 Å². The van der Waals surface area contributed by atoms with Crippen LogP contribution in [-0.2, 0) is 0 Å². The Morgan fingerprint density at radius 1 is 0.846 bits per heavy atom. The molecule has 0 aliphatic rings. The summed E-state index contributed by atoms with van der Waals surface area (Å²) in [7, 11) is 1.68. The van der Waals surface area contributed by atoms with Crippen molar-refractivity contribution < 1.29 is 4.74 Å². The van der Waals surface area contributed by atoms with Crippen molar-refractivity contribution in [3.63, 3.8) is 0 Å². The summed E-state index contributed by atoms with van der Waals surface area (Å²) >= 11 is 5.38. The maximum atomic E-state index is 5.94. The van der Waals surface area contributed by atoms with Gasteiger partial charge < -0.3 is 10.5 Å². The molecule has 4 aromatic rings. The van der Waals surface area contributed by atoms with Crippen LogP contribution in [0.3, 0.4) is 0 Å². The Bertz CT molecular complexity index is 1030. The summed E-state index contributed by atoms with van der Waals surface area (Å²) < 4.78 is 5.45. The molecule has 3 heterocycles. The van der Waals surface area contributed by atoms with E-state index >= 15 is 0 Å². The summed E-state index contributed by atoms with van der Waals surface area (Å²) in [4.78, 5) is 5.18. The third-order valence-electron chi connectivity index (χ3n) is 3.97. The molecule has 0 spiro atoms. The molecule has 0 saturated carbocycles. The van der Waals surface area contributed by atoms with E-state index in [4.69, 9.17) is 10.5 Å². The van der Waals surface area contributed by atoms with Gasteiger partial charge in [0.2, 0.25) is 0 Å². The first-order valence-electron chi connectivity index (χ1n) is 8.08. The lowest BCUT2D eigenvalue weighted by molar-refractivity contribution is 0.414. The van der Waals surface area contributed by atoms with Crippen LogP contribution in [0.2, 0.25) is 0 Å². The van der Waals surface area contributed by atoms with Crippen molar-refractivity contribution in [1.29, 1.82) is 0 Å². The molecule has 0 unspecified atom stereocenters. The van der Waals surface area contributed by atoms with Crippen LogP contribution < -0.4 is 10.5 Å². The minimum atomic E-state index is 0.730. The summed E-state index contributed by atoms with van der Waals surface area (Å²) in [6, 6.07) is 16.5. The number of nitrogens with two attached hydrogens (primary N) is 1. The Balaban J connectivity index is 1.77. The number of hydrogen-bond acceptors (Lipinski definition) is 5. The highest BCUT2D eigenvalue weighted by Crippen LogP contribution is 2.42. The lowest BCUT2D eigenvalue weighted by Gasteiger charge is -2.05. The number of hydrogen-bond donors (Lipinski definition) is 1. The predicted octanol–water partition coefficient (Wildman–Crippen LogP) is 6.97. The molecule has 0 fully saturated rings. The fourth-order valence-electron chi connectivity index (χ4n) is 2.73. The average molecular weight is 396 g/mol. The summed E-state index contributed by atoms with van der Waals surface area (Å²) in [6.07, 6.45) is 4.23. The van der Waals surface area contributed by atoms with Gasteiger partial charge >= 0.3 is 0 Å². The monoisotopic (exact) mass is 395 g/mol.